The number of carbonyl (C=O) groups excluding carboxylic acids is 1. The highest BCUT2D eigenvalue weighted by atomic mass is 32.2. The van der Waals surface area contributed by atoms with Crippen molar-refractivity contribution in [3.8, 4) is 0 Å². The Morgan fingerprint density at radius 1 is 1.50 bits per heavy atom. The number of piperidine rings is 1. The molecule has 0 bridgehead atoms. The van der Waals surface area contributed by atoms with Gasteiger partial charge in [0.1, 0.15) is 5.78 Å². The Morgan fingerprint density at radius 3 is 2.75 bits per heavy atom. The Kier molecular flexibility index (Phi) is 4.89. The van der Waals surface area contributed by atoms with Crippen LogP contribution in [-0.2, 0) is 14.8 Å². The second-order valence-electron chi connectivity index (χ2n) is 4.40. The molecule has 1 fully saturated rings. The van der Waals surface area contributed by atoms with E-state index in [2.05, 4.69) is 5.32 Å². The number of nitrogens with zero attached hydrogens (tertiary/aromatic N) is 1. The number of Topliss-reactive ketones (excluding diaryl/α,β-unsaturated/α-hetero) is 1. The van der Waals surface area contributed by atoms with Gasteiger partial charge < -0.3 is 5.32 Å². The summed E-state index contributed by atoms with van der Waals surface area (Å²) in [5, 5.41) is 2.82. The zero-order valence-corrected chi connectivity index (χ0v) is 10.7. The first kappa shape index (κ1) is 13.6. The number of hydrogen-bond donors (Lipinski definition) is 1. The van der Waals surface area contributed by atoms with Gasteiger partial charge in [0, 0.05) is 19.5 Å². The lowest BCUT2D eigenvalue weighted by Gasteiger charge is -2.30. The summed E-state index contributed by atoms with van der Waals surface area (Å²) in [6.07, 6.45) is 3.50. The summed E-state index contributed by atoms with van der Waals surface area (Å²) < 4.78 is 24.2. The summed E-state index contributed by atoms with van der Waals surface area (Å²) in [6.45, 7) is 1.46. The van der Waals surface area contributed by atoms with Crippen LogP contribution in [0.25, 0.3) is 0 Å². The van der Waals surface area contributed by atoms with Crippen molar-refractivity contribution in [2.24, 2.45) is 5.92 Å². The van der Waals surface area contributed by atoms with Gasteiger partial charge in [-0.15, -0.1) is 0 Å². The van der Waals surface area contributed by atoms with Crippen molar-refractivity contribution in [1.29, 1.82) is 0 Å². The maximum absolute atomic E-state index is 11.4. The maximum Gasteiger partial charge on any atom is 0.211 e. The molecule has 1 saturated heterocycles. The van der Waals surface area contributed by atoms with E-state index in [0.29, 0.717) is 26.1 Å². The van der Waals surface area contributed by atoms with Gasteiger partial charge in [-0.05, 0) is 25.8 Å². The highest BCUT2D eigenvalue weighted by molar-refractivity contribution is 7.88. The Labute approximate surface area is 97.2 Å². The molecule has 0 radical (unpaired) electrons. The van der Waals surface area contributed by atoms with Crippen LogP contribution < -0.4 is 5.32 Å². The largest absolute Gasteiger partial charge is 0.313 e. The lowest BCUT2D eigenvalue weighted by molar-refractivity contribution is -0.119. The summed E-state index contributed by atoms with van der Waals surface area (Å²) in [5.74, 6) is 0.340. The zero-order chi connectivity index (χ0) is 12.2. The standard InChI is InChI=1S/C10H20N2O3S/c1-11-7-10(13)6-9-4-3-5-12(8-9)16(2,14)15/h9,11H,3-8H2,1-2H3. The van der Waals surface area contributed by atoms with Crippen LogP contribution in [-0.4, -0.2) is 51.4 Å². The van der Waals surface area contributed by atoms with Crippen LogP contribution in [0.5, 0.6) is 0 Å². The van der Waals surface area contributed by atoms with Crippen molar-refractivity contribution < 1.29 is 13.2 Å². The average Bonchev–Trinajstić information content (AvgIpc) is 2.17. The third-order valence-corrected chi connectivity index (χ3v) is 4.11. The second kappa shape index (κ2) is 5.75. The molecule has 0 saturated carbocycles. The molecule has 1 unspecified atom stereocenters. The molecule has 1 N–H and O–H groups in total. The molecule has 1 atom stereocenters. The van der Waals surface area contributed by atoms with Crippen LogP contribution in [0.4, 0.5) is 0 Å². The van der Waals surface area contributed by atoms with Crippen LogP contribution in [0.3, 0.4) is 0 Å². The first-order valence-electron chi connectivity index (χ1n) is 5.55. The van der Waals surface area contributed by atoms with Gasteiger partial charge in [0.05, 0.1) is 12.8 Å². The summed E-state index contributed by atoms with van der Waals surface area (Å²) in [6, 6.07) is 0. The van der Waals surface area contributed by atoms with E-state index in [1.165, 1.54) is 10.6 Å². The fraction of sp³-hybridized carbons (Fsp3) is 0.900. The molecule has 16 heavy (non-hydrogen) atoms. The molecule has 94 valence electrons. The van der Waals surface area contributed by atoms with E-state index < -0.39 is 10.0 Å². The minimum atomic E-state index is -3.10. The molecule has 1 rings (SSSR count). The predicted molar refractivity (Wildman–Crippen MR) is 62.7 cm³/mol. The van der Waals surface area contributed by atoms with Crippen LogP contribution in [0, 0.1) is 5.92 Å². The van der Waals surface area contributed by atoms with E-state index in [1.807, 2.05) is 0 Å². The van der Waals surface area contributed by atoms with Gasteiger partial charge in [-0.3, -0.25) is 4.79 Å². The Hall–Kier alpha value is -0.460. The SMILES string of the molecule is CNCC(=O)CC1CCCN(S(C)(=O)=O)C1. The summed E-state index contributed by atoms with van der Waals surface area (Å²) >= 11 is 0. The molecular formula is C10H20N2O3S. The normalized spacial score (nSPS) is 23.2. The number of ketones is 1. The minimum absolute atomic E-state index is 0.155. The molecule has 0 aromatic rings. The van der Waals surface area contributed by atoms with Crippen LogP contribution >= 0.6 is 0 Å². The maximum atomic E-state index is 11.4. The average molecular weight is 248 g/mol. The predicted octanol–water partition coefficient (Wildman–Crippen LogP) is -0.163. The van der Waals surface area contributed by atoms with E-state index in [0.717, 1.165) is 12.8 Å². The van der Waals surface area contributed by atoms with Gasteiger partial charge in [-0.25, -0.2) is 12.7 Å². The van der Waals surface area contributed by atoms with Crippen LogP contribution in [0.1, 0.15) is 19.3 Å². The quantitative estimate of drug-likeness (QED) is 0.734. The van der Waals surface area contributed by atoms with E-state index in [9.17, 15) is 13.2 Å². The minimum Gasteiger partial charge on any atom is -0.313 e. The molecule has 0 spiro atoms. The number of rotatable bonds is 5. The number of carbonyl (C=O) groups is 1. The van der Waals surface area contributed by atoms with Crippen LogP contribution in [0.2, 0.25) is 0 Å². The molecular weight excluding hydrogens is 228 g/mol. The summed E-state index contributed by atoms with van der Waals surface area (Å²) in [7, 11) is -1.36. The van der Waals surface area contributed by atoms with Gasteiger partial charge in [0.25, 0.3) is 0 Å². The van der Waals surface area contributed by atoms with Gasteiger partial charge in [0.2, 0.25) is 10.0 Å². The number of sulfonamides is 1. The highest BCUT2D eigenvalue weighted by Crippen LogP contribution is 2.21. The van der Waals surface area contributed by atoms with Crippen molar-refractivity contribution in [3.05, 3.63) is 0 Å². The van der Waals surface area contributed by atoms with Gasteiger partial charge in [-0.1, -0.05) is 0 Å². The van der Waals surface area contributed by atoms with Crippen molar-refractivity contribution >= 4 is 15.8 Å². The zero-order valence-electron chi connectivity index (χ0n) is 9.90. The fourth-order valence-electron chi connectivity index (χ4n) is 2.09. The fourth-order valence-corrected chi connectivity index (χ4v) is 3.03. The van der Waals surface area contributed by atoms with Gasteiger partial charge >= 0.3 is 0 Å². The molecule has 1 heterocycles. The van der Waals surface area contributed by atoms with Gasteiger partial charge in [0.15, 0.2) is 0 Å². The van der Waals surface area contributed by atoms with Crippen molar-refractivity contribution in [1.82, 2.24) is 9.62 Å². The molecule has 1 aliphatic rings. The third kappa shape index (κ3) is 4.19. The lowest BCUT2D eigenvalue weighted by atomic mass is 9.94. The molecule has 0 aromatic heterocycles. The van der Waals surface area contributed by atoms with Crippen molar-refractivity contribution in [2.45, 2.75) is 19.3 Å². The Morgan fingerprint density at radius 2 is 2.19 bits per heavy atom. The van der Waals surface area contributed by atoms with E-state index in [4.69, 9.17) is 0 Å². The molecule has 0 amide bonds. The number of hydrogen-bond acceptors (Lipinski definition) is 4. The van der Waals surface area contributed by atoms with E-state index in [-0.39, 0.29) is 11.7 Å². The topological polar surface area (TPSA) is 66.5 Å². The van der Waals surface area contributed by atoms with Crippen LogP contribution in [0.15, 0.2) is 0 Å². The lowest BCUT2D eigenvalue weighted by Crippen LogP contribution is -2.40. The van der Waals surface area contributed by atoms with E-state index >= 15 is 0 Å². The van der Waals surface area contributed by atoms with E-state index in [1.54, 1.807) is 7.05 Å². The third-order valence-electron chi connectivity index (χ3n) is 2.84. The smallest absolute Gasteiger partial charge is 0.211 e. The first-order valence-corrected chi connectivity index (χ1v) is 7.39. The number of likely N-dealkylation sites (N-methyl/N-ethyl adjacent to an activating group) is 1. The number of nitrogens with one attached hydrogen (secondary N) is 1. The van der Waals surface area contributed by atoms with Crippen molar-refractivity contribution in [2.75, 3.05) is 32.9 Å². The molecule has 5 nitrogen and oxygen atoms in total. The monoisotopic (exact) mass is 248 g/mol. The second-order valence-corrected chi connectivity index (χ2v) is 6.38. The summed E-state index contributed by atoms with van der Waals surface area (Å²) in [5.41, 5.74) is 0. The molecule has 0 aromatic carbocycles. The Bertz CT molecular complexity index is 340. The molecule has 6 heteroatoms. The van der Waals surface area contributed by atoms with Gasteiger partial charge in [-0.2, -0.15) is 0 Å². The summed E-state index contributed by atoms with van der Waals surface area (Å²) in [4.78, 5) is 11.4. The highest BCUT2D eigenvalue weighted by Gasteiger charge is 2.26. The van der Waals surface area contributed by atoms with Crippen molar-refractivity contribution in [3.63, 3.8) is 0 Å². The molecule has 0 aliphatic carbocycles. The molecule has 1 aliphatic heterocycles. The Balaban J connectivity index is 2.48. The first-order chi connectivity index (χ1) is 7.43.